The maximum Gasteiger partial charge on any atom is 0.225 e. The predicted molar refractivity (Wildman–Crippen MR) is 123 cm³/mol. The Morgan fingerprint density at radius 2 is 1.97 bits per heavy atom. The lowest BCUT2D eigenvalue weighted by atomic mass is 9.88. The van der Waals surface area contributed by atoms with E-state index < -0.39 is 0 Å². The summed E-state index contributed by atoms with van der Waals surface area (Å²) in [4.78, 5) is 26.4. The van der Waals surface area contributed by atoms with Crippen molar-refractivity contribution in [3.8, 4) is 0 Å². The van der Waals surface area contributed by atoms with Gasteiger partial charge in [-0.05, 0) is 32.1 Å². The van der Waals surface area contributed by atoms with Gasteiger partial charge in [0.1, 0.15) is 0 Å². The van der Waals surface area contributed by atoms with E-state index in [4.69, 9.17) is 4.98 Å². The molecule has 0 radical (unpaired) electrons. The van der Waals surface area contributed by atoms with E-state index in [0.717, 1.165) is 70.1 Å². The molecule has 3 aliphatic rings. The molecule has 1 aromatic rings. The molecule has 0 spiro atoms. The van der Waals surface area contributed by atoms with E-state index in [0.29, 0.717) is 5.91 Å². The van der Waals surface area contributed by atoms with Crippen molar-refractivity contribution in [2.24, 2.45) is 10.9 Å². The Labute approximate surface area is 184 Å². The average Bonchev–Trinajstić information content (AvgIpc) is 3.54. The first-order chi connectivity index (χ1) is 14.7. The second-order valence-corrected chi connectivity index (χ2v) is 9.65. The number of carbonyl (C=O) groups excluding carboxylic acids is 1. The van der Waals surface area contributed by atoms with E-state index in [1.54, 1.807) is 11.3 Å². The van der Waals surface area contributed by atoms with Gasteiger partial charge in [-0.1, -0.05) is 19.3 Å². The fourth-order valence-electron chi connectivity index (χ4n) is 4.85. The molecule has 1 unspecified atom stereocenters. The van der Waals surface area contributed by atoms with Gasteiger partial charge in [-0.15, -0.1) is 11.3 Å². The maximum atomic E-state index is 12.8. The number of aromatic nitrogens is 1. The van der Waals surface area contributed by atoms with Gasteiger partial charge >= 0.3 is 0 Å². The minimum absolute atomic E-state index is 0.262. The Morgan fingerprint density at radius 1 is 1.17 bits per heavy atom. The van der Waals surface area contributed by atoms with Crippen molar-refractivity contribution in [3.05, 3.63) is 11.1 Å². The molecular formula is C22H36N6OS. The Morgan fingerprint density at radius 3 is 2.73 bits per heavy atom. The van der Waals surface area contributed by atoms with Crippen LogP contribution in [-0.2, 0) is 11.2 Å². The molecule has 0 bridgehead atoms. The molecule has 166 valence electrons. The molecule has 3 heterocycles. The monoisotopic (exact) mass is 432 g/mol. The van der Waals surface area contributed by atoms with Gasteiger partial charge in [-0.25, -0.2) is 4.98 Å². The summed E-state index contributed by atoms with van der Waals surface area (Å²) in [5.74, 6) is 1.46. The van der Waals surface area contributed by atoms with Crippen molar-refractivity contribution in [3.63, 3.8) is 0 Å². The van der Waals surface area contributed by atoms with E-state index in [2.05, 4.69) is 30.8 Å². The number of thiazole rings is 1. The first kappa shape index (κ1) is 21.4. The quantitative estimate of drug-likeness (QED) is 0.534. The first-order valence-corrected chi connectivity index (χ1v) is 12.6. The fraction of sp³-hybridized carbons (Fsp3) is 0.773. The van der Waals surface area contributed by atoms with Crippen molar-refractivity contribution >= 4 is 28.3 Å². The average molecular weight is 433 g/mol. The molecule has 1 atom stereocenters. The van der Waals surface area contributed by atoms with Crippen molar-refractivity contribution in [2.75, 3.05) is 44.7 Å². The molecule has 2 N–H and O–H groups in total. The standard InChI is InChI=1S/C22H36N6OS/c1-23-21(24-11-9-19-16-30-22(26-19)27-12-5-6-13-27)25-18-10-14-28(15-18)20(29)17-7-3-2-4-8-17/h16-18H,2-15H2,1H3,(H2,23,24,25). The third-order valence-corrected chi connectivity index (χ3v) is 7.56. The molecule has 2 saturated heterocycles. The highest BCUT2D eigenvalue weighted by atomic mass is 32.1. The SMILES string of the molecule is CN=C(NCCc1csc(N2CCCC2)n1)NC1CCN(C(=O)C2CCCCC2)C1. The highest BCUT2D eigenvalue weighted by Crippen LogP contribution is 2.27. The van der Waals surface area contributed by atoms with E-state index in [1.165, 1.54) is 37.2 Å². The third kappa shape index (κ3) is 5.45. The summed E-state index contributed by atoms with van der Waals surface area (Å²) in [7, 11) is 1.81. The number of hydrogen-bond acceptors (Lipinski definition) is 5. The summed E-state index contributed by atoms with van der Waals surface area (Å²) >= 11 is 1.76. The molecule has 1 aliphatic carbocycles. The molecule has 1 aromatic heterocycles. The zero-order chi connectivity index (χ0) is 20.8. The topological polar surface area (TPSA) is 72.9 Å². The third-order valence-electron chi connectivity index (χ3n) is 6.61. The van der Waals surface area contributed by atoms with Crippen LogP contribution in [0, 0.1) is 5.92 Å². The van der Waals surface area contributed by atoms with Crippen molar-refractivity contribution in [1.82, 2.24) is 20.5 Å². The maximum absolute atomic E-state index is 12.8. The number of aliphatic imine (C=N–C) groups is 1. The predicted octanol–water partition coefficient (Wildman–Crippen LogP) is 2.63. The van der Waals surface area contributed by atoms with Crippen LogP contribution in [0.4, 0.5) is 5.13 Å². The van der Waals surface area contributed by atoms with E-state index in [-0.39, 0.29) is 12.0 Å². The lowest BCUT2D eigenvalue weighted by Gasteiger charge is -2.26. The van der Waals surface area contributed by atoms with Gasteiger partial charge in [0.05, 0.1) is 5.69 Å². The Hall–Kier alpha value is -1.83. The molecule has 30 heavy (non-hydrogen) atoms. The van der Waals surface area contributed by atoms with Gasteiger partial charge < -0.3 is 20.4 Å². The van der Waals surface area contributed by atoms with Crippen LogP contribution in [0.25, 0.3) is 0 Å². The number of nitrogens with one attached hydrogen (secondary N) is 2. The largest absolute Gasteiger partial charge is 0.356 e. The first-order valence-electron chi connectivity index (χ1n) is 11.7. The number of amides is 1. The van der Waals surface area contributed by atoms with Crippen LogP contribution in [0.15, 0.2) is 10.4 Å². The molecular weight excluding hydrogens is 396 g/mol. The number of nitrogens with zero attached hydrogens (tertiary/aromatic N) is 4. The van der Waals surface area contributed by atoms with Gasteiger partial charge in [0.25, 0.3) is 0 Å². The van der Waals surface area contributed by atoms with E-state index >= 15 is 0 Å². The van der Waals surface area contributed by atoms with Crippen LogP contribution in [0.5, 0.6) is 0 Å². The lowest BCUT2D eigenvalue weighted by molar-refractivity contribution is -0.135. The molecule has 2 aliphatic heterocycles. The van der Waals surface area contributed by atoms with Gasteiger partial charge in [-0.2, -0.15) is 0 Å². The zero-order valence-electron chi connectivity index (χ0n) is 18.2. The molecule has 8 heteroatoms. The van der Waals surface area contributed by atoms with Gasteiger partial charge in [0, 0.05) is 63.5 Å². The number of hydrogen-bond donors (Lipinski definition) is 2. The summed E-state index contributed by atoms with van der Waals surface area (Å²) < 4.78 is 0. The number of likely N-dealkylation sites (tertiary alicyclic amines) is 1. The molecule has 0 aromatic carbocycles. The number of anilines is 1. The summed E-state index contributed by atoms with van der Waals surface area (Å²) in [5, 5.41) is 10.3. The van der Waals surface area contributed by atoms with Crippen LogP contribution < -0.4 is 15.5 Å². The van der Waals surface area contributed by atoms with Crippen LogP contribution in [-0.4, -0.2) is 67.6 Å². The molecule has 1 saturated carbocycles. The fourth-order valence-corrected chi connectivity index (χ4v) is 5.76. The molecule has 3 fully saturated rings. The molecule has 1 amide bonds. The highest BCUT2D eigenvalue weighted by molar-refractivity contribution is 7.13. The summed E-state index contributed by atoms with van der Waals surface area (Å²) in [6.07, 6.45) is 10.3. The summed E-state index contributed by atoms with van der Waals surface area (Å²) in [5.41, 5.74) is 1.15. The smallest absolute Gasteiger partial charge is 0.225 e. The van der Waals surface area contributed by atoms with Crippen molar-refractivity contribution in [1.29, 1.82) is 0 Å². The zero-order valence-corrected chi connectivity index (χ0v) is 19.1. The van der Waals surface area contributed by atoms with Gasteiger partial charge in [0.2, 0.25) is 5.91 Å². The number of carbonyl (C=O) groups is 1. The second kappa shape index (κ2) is 10.5. The van der Waals surface area contributed by atoms with E-state index in [9.17, 15) is 4.79 Å². The number of guanidine groups is 1. The van der Waals surface area contributed by atoms with Crippen LogP contribution in [0.1, 0.15) is 57.1 Å². The summed E-state index contributed by atoms with van der Waals surface area (Å²) in [6.45, 7) is 4.75. The minimum Gasteiger partial charge on any atom is -0.356 e. The van der Waals surface area contributed by atoms with E-state index in [1.807, 2.05) is 7.05 Å². The summed E-state index contributed by atoms with van der Waals surface area (Å²) in [6, 6.07) is 0.282. The van der Waals surface area contributed by atoms with Crippen LogP contribution >= 0.6 is 11.3 Å². The lowest BCUT2D eigenvalue weighted by Crippen LogP contribution is -2.46. The van der Waals surface area contributed by atoms with Gasteiger partial charge in [0.15, 0.2) is 11.1 Å². The van der Waals surface area contributed by atoms with Crippen LogP contribution in [0.2, 0.25) is 0 Å². The molecule has 7 nitrogen and oxygen atoms in total. The normalized spacial score (nSPS) is 23.2. The molecule has 4 rings (SSSR count). The van der Waals surface area contributed by atoms with Crippen LogP contribution in [0.3, 0.4) is 0 Å². The Bertz CT molecular complexity index is 723. The second-order valence-electron chi connectivity index (χ2n) is 8.81. The number of rotatable bonds is 6. The Balaban J connectivity index is 1.18. The van der Waals surface area contributed by atoms with Crippen molar-refractivity contribution in [2.45, 2.75) is 63.8 Å². The Kier molecular flexibility index (Phi) is 7.47. The van der Waals surface area contributed by atoms with Gasteiger partial charge in [-0.3, -0.25) is 9.79 Å². The highest BCUT2D eigenvalue weighted by Gasteiger charge is 2.31. The minimum atomic E-state index is 0.262. The van der Waals surface area contributed by atoms with Crippen molar-refractivity contribution < 1.29 is 4.79 Å².